The summed E-state index contributed by atoms with van der Waals surface area (Å²) in [6.07, 6.45) is 0.755. The van der Waals surface area contributed by atoms with Crippen molar-refractivity contribution in [2.45, 2.75) is 6.42 Å². The predicted molar refractivity (Wildman–Crippen MR) is 69.1 cm³/mol. The molecular weight excluding hydrogens is 285 g/mol. The van der Waals surface area contributed by atoms with E-state index in [0.29, 0.717) is 6.54 Å². The van der Waals surface area contributed by atoms with Gasteiger partial charge in [0.05, 0.1) is 10.2 Å². The van der Waals surface area contributed by atoms with E-state index in [1.807, 2.05) is 7.05 Å². The van der Waals surface area contributed by atoms with Gasteiger partial charge in [0.1, 0.15) is 11.5 Å². The first-order chi connectivity index (χ1) is 8.13. The summed E-state index contributed by atoms with van der Waals surface area (Å²) in [5.74, 6) is -0.247. The maximum Gasteiger partial charge on any atom is 0.123 e. The van der Waals surface area contributed by atoms with Gasteiger partial charge in [0, 0.05) is 19.0 Å². The molecule has 2 rings (SSSR count). The number of hydrogen-bond acceptors (Lipinski definition) is 2. The third-order valence-corrected chi connectivity index (χ3v) is 3.43. The summed E-state index contributed by atoms with van der Waals surface area (Å²) in [5, 5.41) is 4.42. The molecule has 0 aliphatic rings. The van der Waals surface area contributed by atoms with Crippen molar-refractivity contribution in [1.29, 1.82) is 0 Å². The van der Waals surface area contributed by atoms with E-state index in [2.05, 4.69) is 21.0 Å². The first-order valence-electron chi connectivity index (χ1n) is 5.31. The Morgan fingerprint density at radius 1 is 1.35 bits per heavy atom. The summed E-state index contributed by atoms with van der Waals surface area (Å²) >= 11 is 3.53. The number of benzene rings is 1. The molecule has 0 radical (unpaired) electrons. The van der Waals surface area contributed by atoms with Gasteiger partial charge in [0.15, 0.2) is 0 Å². The molecule has 0 bridgehead atoms. The molecular formula is C12H13BrFN3. The van der Waals surface area contributed by atoms with Gasteiger partial charge in [0.2, 0.25) is 0 Å². The summed E-state index contributed by atoms with van der Waals surface area (Å²) < 4.78 is 15.6. The van der Waals surface area contributed by atoms with Gasteiger partial charge in [-0.05, 0) is 46.7 Å². The lowest BCUT2D eigenvalue weighted by atomic mass is 10.1. The highest BCUT2D eigenvalue weighted by molar-refractivity contribution is 9.10. The van der Waals surface area contributed by atoms with Gasteiger partial charge in [-0.1, -0.05) is 0 Å². The lowest BCUT2D eigenvalue weighted by Gasteiger charge is -1.99. The van der Waals surface area contributed by atoms with Crippen molar-refractivity contribution in [1.82, 2.24) is 9.78 Å². The van der Waals surface area contributed by atoms with Crippen molar-refractivity contribution in [2.24, 2.45) is 12.8 Å². The Labute approximate surface area is 108 Å². The van der Waals surface area contributed by atoms with E-state index in [1.165, 1.54) is 12.1 Å². The average Bonchev–Trinajstić information content (AvgIpc) is 2.59. The molecule has 0 amide bonds. The highest BCUT2D eigenvalue weighted by Crippen LogP contribution is 2.30. The van der Waals surface area contributed by atoms with Crippen LogP contribution in [0.4, 0.5) is 4.39 Å². The molecule has 1 heterocycles. The average molecular weight is 298 g/mol. The minimum atomic E-state index is -0.247. The van der Waals surface area contributed by atoms with E-state index in [9.17, 15) is 4.39 Å². The third-order valence-electron chi connectivity index (χ3n) is 2.60. The van der Waals surface area contributed by atoms with Crippen LogP contribution in [0.3, 0.4) is 0 Å². The molecule has 17 heavy (non-hydrogen) atoms. The van der Waals surface area contributed by atoms with Crippen LogP contribution in [0.1, 0.15) is 5.69 Å². The van der Waals surface area contributed by atoms with Crippen LogP contribution in [0.15, 0.2) is 28.7 Å². The Morgan fingerprint density at radius 3 is 2.59 bits per heavy atom. The Hall–Kier alpha value is -1.20. The van der Waals surface area contributed by atoms with Crippen molar-refractivity contribution in [3.63, 3.8) is 0 Å². The second-order valence-electron chi connectivity index (χ2n) is 3.78. The summed E-state index contributed by atoms with van der Waals surface area (Å²) in [7, 11) is 1.88. The minimum absolute atomic E-state index is 0.247. The van der Waals surface area contributed by atoms with Crippen molar-refractivity contribution < 1.29 is 4.39 Å². The largest absolute Gasteiger partial charge is 0.330 e. The zero-order chi connectivity index (χ0) is 12.4. The monoisotopic (exact) mass is 297 g/mol. The molecule has 0 spiro atoms. The maximum atomic E-state index is 12.9. The van der Waals surface area contributed by atoms with Crippen molar-refractivity contribution in [2.75, 3.05) is 6.54 Å². The SMILES string of the molecule is Cn1nc(-c2ccc(F)cc2)c(Br)c1CCN. The number of hydrogen-bond donors (Lipinski definition) is 1. The van der Waals surface area contributed by atoms with Gasteiger partial charge < -0.3 is 5.73 Å². The predicted octanol–water partition coefficient (Wildman–Crippen LogP) is 2.49. The second kappa shape index (κ2) is 4.98. The Kier molecular flexibility index (Phi) is 3.59. The first kappa shape index (κ1) is 12.3. The van der Waals surface area contributed by atoms with E-state index in [0.717, 1.165) is 27.8 Å². The molecule has 3 nitrogen and oxygen atoms in total. The van der Waals surface area contributed by atoms with Crippen LogP contribution in [0.5, 0.6) is 0 Å². The lowest BCUT2D eigenvalue weighted by molar-refractivity contribution is 0.628. The fraction of sp³-hybridized carbons (Fsp3) is 0.250. The van der Waals surface area contributed by atoms with Gasteiger partial charge in [-0.2, -0.15) is 5.10 Å². The molecule has 0 aliphatic carbocycles. The van der Waals surface area contributed by atoms with Crippen LogP contribution in [0.25, 0.3) is 11.3 Å². The summed E-state index contributed by atoms with van der Waals surface area (Å²) in [5.41, 5.74) is 8.30. The Morgan fingerprint density at radius 2 is 2.00 bits per heavy atom. The molecule has 90 valence electrons. The minimum Gasteiger partial charge on any atom is -0.330 e. The lowest BCUT2D eigenvalue weighted by Crippen LogP contribution is -2.07. The highest BCUT2D eigenvalue weighted by atomic mass is 79.9. The van der Waals surface area contributed by atoms with Crippen molar-refractivity contribution in [3.8, 4) is 11.3 Å². The maximum absolute atomic E-state index is 12.9. The van der Waals surface area contributed by atoms with Gasteiger partial charge in [-0.15, -0.1) is 0 Å². The van der Waals surface area contributed by atoms with Crippen molar-refractivity contribution in [3.05, 3.63) is 40.2 Å². The first-order valence-corrected chi connectivity index (χ1v) is 6.10. The summed E-state index contributed by atoms with van der Waals surface area (Å²) in [6.45, 7) is 0.570. The van der Waals surface area contributed by atoms with Gasteiger partial charge >= 0.3 is 0 Å². The quantitative estimate of drug-likeness (QED) is 0.946. The van der Waals surface area contributed by atoms with Gasteiger partial charge in [-0.25, -0.2) is 4.39 Å². The smallest absolute Gasteiger partial charge is 0.123 e. The zero-order valence-corrected chi connectivity index (χ0v) is 11.0. The number of aromatic nitrogens is 2. The molecule has 1 aromatic carbocycles. The van der Waals surface area contributed by atoms with Crippen molar-refractivity contribution >= 4 is 15.9 Å². The molecule has 0 saturated carbocycles. The summed E-state index contributed by atoms with van der Waals surface area (Å²) in [6, 6.07) is 6.29. The van der Waals surface area contributed by atoms with Gasteiger partial charge in [0.25, 0.3) is 0 Å². The van der Waals surface area contributed by atoms with E-state index in [-0.39, 0.29) is 5.82 Å². The number of aryl methyl sites for hydroxylation is 1. The van der Waals surface area contributed by atoms with E-state index in [4.69, 9.17) is 5.73 Å². The normalized spacial score (nSPS) is 10.8. The fourth-order valence-corrected chi connectivity index (χ4v) is 2.50. The Balaban J connectivity index is 2.46. The summed E-state index contributed by atoms with van der Waals surface area (Å²) in [4.78, 5) is 0. The molecule has 0 atom stereocenters. The number of nitrogens with zero attached hydrogens (tertiary/aromatic N) is 2. The topological polar surface area (TPSA) is 43.8 Å². The van der Waals surface area contributed by atoms with Crippen LogP contribution in [0, 0.1) is 5.82 Å². The molecule has 0 unspecified atom stereocenters. The van der Waals surface area contributed by atoms with Crippen LogP contribution >= 0.6 is 15.9 Å². The molecule has 0 saturated heterocycles. The molecule has 0 fully saturated rings. The molecule has 0 aliphatic heterocycles. The highest BCUT2D eigenvalue weighted by Gasteiger charge is 2.14. The van der Waals surface area contributed by atoms with E-state index >= 15 is 0 Å². The number of nitrogens with two attached hydrogens (primary N) is 1. The zero-order valence-electron chi connectivity index (χ0n) is 9.45. The number of rotatable bonds is 3. The standard InChI is InChI=1S/C12H13BrFN3/c1-17-10(6-7-15)11(13)12(16-17)8-2-4-9(14)5-3-8/h2-5H,6-7,15H2,1H3. The number of halogens is 2. The van der Waals surface area contributed by atoms with Gasteiger partial charge in [-0.3, -0.25) is 4.68 Å². The molecule has 2 N–H and O–H groups in total. The molecule has 2 aromatic rings. The fourth-order valence-electron chi connectivity index (χ4n) is 1.73. The van der Waals surface area contributed by atoms with Crippen LogP contribution < -0.4 is 5.73 Å². The third kappa shape index (κ3) is 2.40. The van der Waals surface area contributed by atoms with E-state index in [1.54, 1.807) is 16.8 Å². The molecule has 5 heteroatoms. The van der Waals surface area contributed by atoms with Crippen LogP contribution in [-0.2, 0) is 13.5 Å². The van der Waals surface area contributed by atoms with Crippen LogP contribution in [-0.4, -0.2) is 16.3 Å². The van der Waals surface area contributed by atoms with E-state index < -0.39 is 0 Å². The second-order valence-corrected chi connectivity index (χ2v) is 4.57. The van der Waals surface area contributed by atoms with Crippen LogP contribution in [0.2, 0.25) is 0 Å². The Bertz CT molecular complexity index is 519. The molecule has 1 aromatic heterocycles.